The van der Waals surface area contributed by atoms with E-state index in [-0.39, 0.29) is 17.1 Å². The molecule has 37 heavy (non-hydrogen) atoms. The molecular formula is C27H27FN6O2S. The summed E-state index contributed by atoms with van der Waals surface area (Å²) in [5.41, 5.74) is 8.04. The Bertz CT molecular complexity index is 1560. The minimum absolute atomic E-state index is 0.0252. The van der Waals surface area contributed by atoms with Crippen LogP contribution in [0.2, 0.25) is 0 Å². The molecule has 0 saturated heterocycles. The lowest BCUT2D eigenvalue weighted by atomic mass is 10.0. The molecule has 0 fully saturated rings. The van der Waals surface area contributed by atoms with Crippen molar-refractivity contribution in [2.45, 2.75) is 27.2 Å². The highest BCUT2D eigenvalue weighted by atomic mass is 32.1. The zero-order valence-electron chi connectivity index (χ0n) is 20.9. The van der Waals surface area contributed by atoms with Crippen LogP contribution in [0.25, 0.3) is 10.1 Å². The molecule has 8 nitrogen and oxygen atoms in total. The van der Waals surface area contributed by atoms with Crippen molar-refractivity contribution in [3.8, 4) is 0 Å². The van der Waals surface area contributed by atoms with Gasteiger partial charge in [-0.2, -0.15) is 5.10 Å². The number of nitrogens with one attached hydrogen (secondary N) is 3. The van der Waals surface area contributed by atoms with E-state index in [0.29, 0.717) is 21.8 Å². The summed E-state index contributed by atoms with van der Waals surface area (Å²) in [6.45, 7) is 5.51. The van der Waals surface area contributed by atoms with E-state index in [1.54, 1.807) is 24.7 Å². The molecule has 0 aliphatic heterocycles. The molecule has 5 N–H and O–H groups in total. The Hall–Kier alpha value is -4.31. The van der Waals surface area contributed by atoms with E-state index >= 15 is 0 Å². The van der Waals surface area contributed by atoms with E-state index in [9.17, 15) is 14.0 Å². The summed E-state index contributed by atoms with van der Waals surface area (Å²) >= 11 is 1.34. The SMILES string of the molecule is CCc1cccc2sc(C(=O)Nc3c(F)ccc(C(=N)/C=C(/Nc4cc(C)n(C)n4)C(N)=O)c3C)cc12. The topological polar surface area (TPSA) is 126 Å². The van der Waals surface area contributed by atoms with Crippen LogP contribution in [0.4, 0.5) is 15.9 Å². The smallest absolute Gasteiger partial charge is 0.265 e. The Morgan fingerprint density at radius 1 is 1.19 bits per heavy atom. The molecule has 4 rings (SSSR count). The Morgan fingerprint density at radius 3 is 2.59 bits per heavy atom. The first kappa shape index (κ1) is 25.8. The van der Waals surface area contributed by atoms with Crippen molar-refractivity contribution in [3.63, 3.8) is 0 Å². The first-order chi connectivity index (χ1) is 17.6. The van der Waals surface area contributed by atoms with Gasteiger partial charge in [-0.25, -0.2) is 4.39 Å². The number of fused-ring (bicyclic) bond motifs is 1. The fraction of sp³-hybridized carbons (Fsp3) is 0.185. The molecule has 0 saturated carbocycles. The number of hydrogen-bond donors (Lipinski definition) is 4. The van der Waals surface area contributed by atoms with Gasteiger partial charge in [0, 0.05) is 29.1 Å². The Kier molecular flexibility index (Phi) is 7.21. The van der Waals surface area contributed by atoms with Gasteiger partial charge >= 0.3 is 0 Å². The number of nitrogens with zero attached hydrogens (tertiary/aromatic N) is 2. The van der Waals surface area contributed by atoms with E-state index in [0.717, 1.165) is 27.8 Å². The number of thiophene rings is 1. The summed E-state index contributed by atoms with van der Waals surface area (Å²) in [4.78, 5) is 25.5. The lowest BCUT2D eigenvalue weighted by Crippen LogP contribution is -2.21. The first-order valence-corrected chi connectivity index (χ1v) is 12.4. The van der Waals surface area contributed by atoms with E-state index in [1.165, 1.54) is 29.5 Å². The van der Waals surface area contributed by atoms with E-state index < -0.39 is 17.6 Å². The molecule has 0 atom stereocenters. The van der Waals surface area contributed by atoms with Crippen LogP contribution in [-0.2, 0) is 18.3 Å². The number of carbonyl (C=O) groups is 2. The van der Waals surface area contributed by atoms with Crippen molar-refractivity contribution in [2.75, 3.05) is 10.6 Å². The van der Waals surface area contributed by atoms with Crippen LogP contribution < -0.4 is 16.4 Å². The maximum absolute atomic E-state index is 14.8. The second kappa shape index (κ2) is 10.4. The quantitative estimate of drug-likeness (QED) is 0.192. The number of nitrogens with two attached hydrogens (primary N) is 1. The monoisotopic (exact) mass is 518 g/mol. The van der Waals surface area contributed by atoms with Gasteiger partial charge in [0.15, 0.2) is 5.82 Å². The minimum atomic E-state index is -0.780. The van der Waals surface area contributed by atoms with Gasteiger partial charge in [-0.3, -0.25) is 14.3 Å². The highest BCUT2D eigenvalue weighted by Crippen LogP contribution is 2.31. The Morgan fingerprint density at radius 2 is 1.95 bits per heavy atom. The van der Waals surface area contributed by atoms with Crippen LogP contribution in [-0.4, -0.2) is 27.3 Å². The maximum Gasteiger partial charge on any atom is 0.265 e. The largest absolute Gasteiger partial charge is 0.364 e. The average molecular weight is 519 g/mol. The van der Waals surface area contributed by atoms with Gasteiger partial charge in [0.25, 0.3) is 11.8 Å². The van der Waals surface area contributed by atoms with Crippen molar-refractivity contribution in [1.29, 1.82) is 5.41 Å². The fourth-order valence-corrected chi connectivity index (χ4v) is 5.00. The lowest BCUT2D eigenvalue weighted by Gasteiger charge is -2.13. The number of hydrogen-bond acceptors (Lipinski definition) is 6. The van der Waals surface area contributed by atoms with Crippen LogP contribution >= 0.6 is 11.3 Å². The van der Waals surface area contributed by atoms with Crippen LogP contribution in [0, 0.1) is 25.1 Å². The molecular weight excluding hydrogens is 491 g/mol. The standard InChI is InChI=1S/C27H27FN6O2S/c1-5-16-7-6-8-22-18(16)12-23(37-22)27(36)32-25-15(3)17(9-10-19(25)28)20(29)13-21(26(30)35)31-24-11-14(2)34(4)33-24/h6-13,29H,5H2,1-4H3,(H2,30,35)(H,31,33)(H,32,36)/b21-13+,29-20?. The van der Waals surface area contributed by atoms with E-state index in [1.807, 2.05) is 31.2 Å². The minimum Gasteiger partial charge on any atom is -0.364 e. The molecule has 0 bridgehead atoms. The summed E-state index contributed by atoms with van der Waals surface area (Å²) in [7, 11) is 1.76. The molecule has 2 amide bonds. The van der Waals surface area contributed by atoms with Gasteiger partial charge in [-0.15, -0.1) is 11.3 Å². The first-order valence-electron chi connectivity index (χ1n) is 11.6. The van der Waals surface area contributed by atoms with Crippen LogP contribution in [0.1, 0.15) is 39.0 Å². The van der Waals surface area contributed by atoms with E-state index in [2.05, 4.69) is 22.7 Å². The lowest BCUT2D eigenvalue weighted by molar-refractivity contribution is -0.114. The summed E-state index contributed by atoms with van der Waals surface area (Å²) in [5.74, 6) is -1.44. The zero-order chi connectivity index (χ0) is 26.9. The zero-order valence-corrected chi connectivity index (χ0v) is 21.7. The molecule has 190 valence electrons. The third kappa shape index (κ3) is 5.29. The Balaban J connectivity index is 1.62. The highest BCUT2D eigenvalue weighted by Gasteiger charge is 2.19. The summed E-state index contributed by atoms with van der Waals surface area (Å²) in [6.07, 6.45) is 2.10. The van der Waals surface area contributed by atoms with Gasteiger partial charge in [-0.1, -0.05) is 19.1 Å². The normalized spacial score (nSPS) is 11.5. The molecule has 0 aliphatic rings. The van der Waals surface area contributed by atoms with Gasteiger partial charge in [0.1, 0.15) is 11.5 Å². The molecule has 0 aliphatic carbocycles. The van der Waals surface area contributed by atoms with Crippen molar-refractivity contribution in [1.82, 2.24) is 9.78 Å². The predicted molar refractivity (Wildman–Crippen MR) is 146 cm³/mol. The molecule has 4 aromatic rings. The van der Waals surface area contributed by atoms with Gasteiger partial charge in [0.05, 0.1) is 16.3 Å². The van der Waals surface area contributed by atoms with Gasteiger partial charge < -0.3 is 21.8 Å². The number of amides is 2. The van der Waals surface area contributed by atoms with E-state index in [4.69, 9.17) is 11.1 Å². The molecule has 0 radical (unpaired) electrons. The Labute approximate surface area is 217 Å². The van der Waals surface area contributed by atoms with Crippen LogP contribution in [0.3, 0.4) is 0 Å². The highest BCUT2D eigenvalue weighted by molar-refractivity contribution is 7.21. The van der Waals surface area contributed by atoms with Crippen molar-refractivity contribution in [3.05, 3.63) is 87.3 Å². The summed E-state index contributed by atoms with van der Waals surface area (Å²) in [5, 5.41) is 19.3. The number of aromatic nitrogens is 2. The average Bonchev–Trinajstić information content (AvgIpc) is 3.43. The summed E-state index contributed by atoms with van der Waals surface area (Å²) < 4.78 is 17.4. The van der Waals surface area contributed by atoms with Gasteiger partial charge in [0.2, 0.25) is 0 Å². The van der Waals surface area contributed by atoms with Crippen molar-refractivity contribution >= 4 is 50.5 Å². The third-order valence-electron chi connectivity index (χ3n) is 6.13. The maximum atomic E-state index is 14.8. The number of carbonyl (C=O) groups excluding carboxylic acids is 2. The number of rotatable bonds is 8. The molecule has 10 heteroatoms. The van der Waals surface area contributed by atoms with Crippen LogP contribution in [0.15, 0.2) is 54.2 Å². The molecule has 0 unspecified atom stereocenters. The summed E-state index contributed by atoms with van der Waals surface area (Å²) in [6, 6.07) is 12.1. The third-order valence-corrected chi connectivity index (χ3v) is 7.23. The molecule has 2 heterocycles. The number of allylic oxidation sites excluding steroid dienone is 1. The molecule has 0 spiro atoms. The fourth-order valence-electron chi connectivity index (χ4n) is 3.99. The second-order valence-corrected chi connectivity index (χ2v) is 9.68. The van der Waals surface area contributed by atoms with Gasteiger partial charge in [-0.05, 0) is 67.1 Å². The second-order valence-electron chi connectivity index (χ2n) is 8.60. The number of anilines is 2. The number of primary amides is 1. The number of aryl methyl sites for hydroxylation is 3. The number of benzene rings is 2. The number of halogens is 1. The van der Waals surface area contributed by atoms with Crippen molar-refractivity contribution in [2.24, 2.45) is 12.8 Å². The molecule has 2 aromatic carbocycles. The van der Waals surface area contributed by atoms with Crippen LogP contribution in [0.5, 0.6) is 0 Å². The van der Waals surface area contributed by atoms with Crippen molar-refractivity contribution < 1.29 is 14.0 Å². The predicted octanol–water partition coefficient (Wildman–Crippen LogP) is 5.05. The molecule has 2 aromatic heterocycles.